The van der Waals surface area contributed by atoms with E-state index in [9.17, 15) is 23.6 Å². The van der Waals surface area contributed by atoms with Crippen molar-refractivity contribution in [1.29, 1.82) is 0 Å². The molecule has 2 heterocycles. The molecule has 10 heteroatoms. The molecule has 8 nitrogen and oxygen atoms in total. The highest BCUT2D eigenvalue weighted by molar-refractivity contribution is 6.30. The summed E-state index contributed by atoms with van der Waals surface area (Å²) in [6.07, 6.45) is 2.28. The van der Waals surface area contributed by atoms with Gasteiger partial charge < -0.3 is 18.9 Å². The van der Waals surface area contributed by atoms with Gasteiger partial charge >= 0.3 is 5.97 Å². The van der Waals surface area contributed by atoms with Crippen molar-refractivity contribution < 1.29 is 28.2 Å². The monoisotopic (exact) mass is 518 g/mol. The van der Waals surface area contributed by atoms with Gasteiger partial charge in [0.05, 0.1) is 28.1 Å². The molecule has 0 radical (unpaired) electrons. The predicted molar refractivity (Wildman–Crippen MR) is 130 cm³/mol. The van der Waals surface area contributed by atoms with Crippen molar-refractivity contribution in [3.05, 3.63) is 62.3 Å². The second-order valence-electron chi connectivity index (χ2n) is 9.78. The maximum absolute atomic E-state index is 14.3. The Hall–Kier alpha value is -3.04. The third kappa shape index (κ3) is 4.46. The SMILES string of the molecule is COC1CC2(C1)CN(C)C(=O)c1c(OC(=O)C(C)C)c(=O)c(C(=O)CCc3cccc(Cl)c3F)cn12. The van der Waals surface area contributed by atoms with Crippen LogP contribution in [-0.2, 0) is 21.5 Å². The molecule has 1 amide bonds. The molecule has 0 bridgehead atoms. The number of aromatic nitrogens is 1. The van der Waals surface area contributed by atoms with Crippen LogP contribution >= 0.6 is 11.6 Å². The number of esters is 1. The van der Waals surface area contributed by atoms with Crippen LogP contribution in [0.3, 0.4) is 0 Å². The van der Waals surface area contributed by atoms with Crippen LogP contribution in [-0.4, -0.2) is 53.9 Å². The first-order chi connectivity index (χ1) is 17.0. The summed E-state index contributed by atoms with van der Waals surface area (Å²) < 4.78 is 26.8. The van der Waals surface area contributed by atoms with Gasteiger partial charge in [0, 0.05) is 33.3 Å². The minimum Gasteiger partial charge on any atom is -0.420 e. The molecule has 2 aliphatic rings. The minimum atomic E-state index is -0.840. The Morgan fingerprint density at radius 1 is 1.25 bits per heavy atom. The van der Waals surface area contributed by atoms with Crippen LogP contribution in [0.15, 0.2) is 29.2 Å². The number of rotatable bonds is 7. The number of fused-ring (bicyclic) bond motifs is 2. The number of likely N-dealkylation sites (N-methyl/N-ethyl adjacent to an activating group) is 1. The fourth-order valence-electron chi connectivity index (χ4n) is 4.85. The van der Waals surface area contributed by atoms with Crippen molar-refractivity contribution in [1.82, 2.24) is 9.47 Å². The van der Waals surface area contributed by atoms with E-state index in [1.807, 2.05) is 0 Å². The summed E-state index contributed by atoms with van der Waals surface area (Å²) in [6.45, 7) is 3.55. The van der Waals surface area contributed by atoms with Crippen molar-refractivity contribution in [2.24, 2.45) is 5.92 Å². The lowest BCUT2D eigenvalue weighted by atomic mass is 9.72. The Labute approximate surface area is 212 Å². The van der Waals surface area contributed by atoms with Gasteiger partial charge in [-0.1, -0.05) is 37.6 Å². The van der Waals surface area contributed by atoms with E-state index in [0.717, 1.165) is 0 Å². The number of hydrogen-bond acceptors (Lipinski definition) is 6. The Bertz CT molecular complexity index is 1300. The molecular weight excluding hydrogens is 491 g/mol. The van der Waals surface area contributed by atoms with Crippen LogP contribution in [0.1, 0.15) is 59.5 Å². The lowest BCUT2D eigenvalue weighted by Gasteiger charge is -2.53. The van der Waals surface area contributed by atoms with Gasteiger partial charge in [0.2, 0.25) is 11.2 Å². The largest absolute Gasteiger partial charge is 0.420 e. The average molecular weight is 519 g/mol. The van der Waals surface area contributed by atoms with Crippen LogP contribution in [0, 0.1) is 11.7 Å². The van der Waals surface area contributed by atoms with E-state index in [0.29, 0.717) is 19.4 Å². The van der Waals surface area contributed by atoms with E-state index in [1.54, 1.807) is 38.6 Å². The molecule has 1 saturated carbocycles. The van der Waals surface area contributed by atoms with E-state index in [-0.39, 0.29) is 40.8 Å². The number of halogens is 2. The molecule has 36 heavy (non-hydrogen) atoms. The number of nitrogens with zero attached hydrogens (tertiary/aromatic N) is 2. The number of hydrogen-bond donors (Lipinski definition) is 0. The summed E-state index contributed by atoms with van der Waals surface area (Å²) in [5.41, 5.74) is -1.48. The summed E-state index contributed by atoms with van der Waals surface area (Å²) >= 11 is 5.84. The molecule has 0 unspecified atom stereocenters. The smallest absolute Gasteiger partial charge is 0.313 e. The standard InChI is InChI=1S/C26H28ClFN2O6/c1-14(2)25(34)36-23-21-24(33)29(3)13-26(10-16(11-26)35-4)30(21)12-17(22(23)32)19(31)9-8-15-6-5-7-18(27)20(15)28/h5-7,12,14,16H,8-11,13H2,1-4H3. The van der Waals surface area contributed by atoms with E-state index >= 15 is 0 Å². The number of carbonyl (C=O) groups is 3. The zero-order valence-electron chi connectivity index (χ0n) is 20.6. The maximum Gasteiger partial charge on any atom is 0.313 e. The zero-order valence-corrected chi connectivity index (χ0v) is 21.4. The number of ketones is 1. The van der Waals surface area contributed by atoms with E-state index in [4.69, 9.17) is 21.1 Å². The van der Waals surface area contributed by atoms with Crippen molar-refractivity contribution in [3.8, 4) is 5.75 Å². The Morgan fingerprint density at radius 3 is 2.58 bits per heavy atom. The molecule has 4 rings (SSSR count). The Balaban J connectivity index is 1.80. The van der Waals surface area contributed by atoms with Gasteiger partial charge in [-0.15, -0.1) is 0 Å². The number of ether oxygens (including phenoxy) is 2. The quantitative estimate of drug-likeness (QED) is 0.410. The Morgan fingerprint density at radius 2 is 1.94 bits per heavy atom. The molecule has 1 aliphatic heterocycles. The first kappa shape index (κ1) is 26.0. The molecule has 1 aliphatic carbocycles. The summed E-state index contributed by atoms with van der Waals surface area (Å²) in [5.74, 6) is -3.37. The van der Waals surface area contributed by atoms with Crippen molar-refractivity contribution in [2.75, 3.05) is 20.7 Å². The first-order valence-electron chi connectivity index (χ1n) is 11.7. The first-order valence-corrected chi connectivity index (χ1v) is 12.1. The van der Waals surface area contributed by atoms with E-state index in [2.05, 4.69) is 0 Å². The molecule has 192 valence electrons. The maximum atomic E-state index is 14.3. The topological polar surface area (TPSA) is 94.9 Å². The fraction of sp³-hybridized carbons (Fsp3) is 0.462. The highest BCUT2D eigenvalue weighted by Gasteiger charge is 2.52. The van der Waals surface area contributed by atoms with Crippen LogP contribution in [0.5, 0.6) is 5.75 Å². The van der Waals surface area contributed by atoms with Crippen molar-refractivity contribution >= 4 is 29.3 Å². The lowest BCUT2D eigenvalue weighted by molar-refractivity contribution is -0.138. The molecule has 1 aromatic carbocycles. The molecule has 2 aromatic rings. The molecular formula is C26H28ClFN2O6. The van der Waals surface area contributed by atoms with Gasteiger partial charge in [-0.3, -0.25) is 19.2 Å². The zero-order chi connectivity index (χ0) is 26.4. The third-order valence-electron chi connectivity index (χ3n) is 6.93. The third-order valence-corrected chi connectivity index (χ3v) is 7.22. The highest BCUT2D eigenvalue weighted by atomic mass is 35.5. The van der Waals surface area contributed by atoms with Crippen LogP contribution in [0.2, 0.25) is 5.02 Å². The van der Waals surface area contributed by atoms with Gasteiger partial charge in [-0.2, -0.15) is 0 Å². The van der Waals surface area contributed by atoms with Gasteiger partial charge in [0.25, 0.3) is 5.91 Å². The number of amides is 1. The van der Waals surface area contributed by atoms with E-state index in [1.165, 1.54) is 23.2 Å². The second kappa shape index (κ2) is 9.78. The number of carbonyl (C=O) groups excluding carboxylic acids is 3. The molecule has 1 aromatic heterocycles. The highest BCUT2D eigenvalue weighted by Crippen LogP contribution is 2.45. The van der Waals surface area contributed by atoms with Crippen molar-refractivity contribution in [3.63, 3.8) is 0 Å². The Kier molecular flexibility index (Phi) is 7.07. The van der Waals surface area contributed by atoms with Gasteiger partial charge in [0.1, 0.15) is 5.82 Å². The summed E-state index contributed by atoms with van der Waals surface area (Å²) in [7, 11) is 3.21. The van der Waals surface area contributed by atoms with Crippen LogP contribution in [0.25, 0.3) is 0 Å². The normalized spacial score (nSPS) is 20.9. The number of pyridine rings is 1. The second-order valence-corrected chi connectivity index (χ2v) is 10.2. The molecule has 0 atom stereocenters. The lowest BCUT2D eigenvalue weighted by Crippen LogP contribution is -2.61. The molecule has 1 fully saturated rings. The van der Waals surface area contributed by atoms with Gasteiger partial charge in [-0.25, -0.2) is 4.39 Å². The van der Waals surface area contributed by atoms with Crippen molar-refractivity contribution in [2.45, 2.75) is 51.2 Å². The predicted octanol–water partition coefficient (Wildman–Crippen LogP) is 3.61. The summed E-state index contributed by atoms with van der Waals surface area (Å²) in [4.78, 5) is 53.9. The summed E-state index contributed by atoms with van der Waals surface area (Å²) in [6, 6.07) is 4.51. The molecule has 0 saturated heterocycles. The fourth-order valence-corrected chi connectivity index (χ4v) is 5.05. The van der Waals surface area contributed by atoms with E-state index < -0.39 is 46.1 Å². The summed E-state index contributed by atoms with van der Waals surface area (Å²) in [5, 5.41) is -0.0565. The number of Topliss-reactive ketones (excluding diaryl/α,β-unsaturated/α-hetero) is 1. The average Bonchev–Trinajstić information content (AvgIpc) is 2.81. The van der Waals surface area contributed by atoms with Crippen LogP contribution < -0.4 is 10.2 Å². The minimum absolute atomic E-state index is 0.0199. The molecule has 1 spiro atoms. The van der Waals surface area contributed by atoms with Gasteiger partial charge in [0.15, 0.2) is 11.5 Å². The molecule has 0 N–H and O–H groups in total. The number of aryl methyl sites for hydroxylation is 1. The van der Waals surface area contributed by atoms with Gasteiger partial charge in [-0.05, 0) is 30.9 Å². The van der Waals surface area contributed by atoms with Crippen LogP contribution in [0.4, 0.5) is 4.39 Å². The number of methoxy groups -OCH3 is 1. The number of benzene rings is 1.